The number of aromatic amines is 1. The van der Waals surface area contributed by atoms with E-state index in [4.69, 9.17) is 9.26 Å². The molecular weight excluding hydrogens is 303 g/mol. The SMILES string of the molecule is C[C@@H]1CN(C(=O)c2cc(F)c[nH]2)C[C@H](c2nc(C3CC3)no2)O1. The second kappa shape index (κ2) is 5.45. The summed E-state index contributed by atoms with van der Waals surface area (Å²) in [5.74, 6) is 0.779. The van der Waals surface area contributed by atoms with Gasteiger partial charge in [-0.2, -0.15) is 4.98 Å². The number of ether oxygens (including phenoxy) is 1. The molecule has 8 heteroatoms. The molecule has 1 saturated heterocycles. The number of morpholine rings is 1. The van der Waals surface area contributed by atoms with Crippen LogP contribution in [0.15, 0.2) is 16.8 Å². The minimum Gasteiger partial charge on any atom is -0.362 e. The lowest BCUT2D eigenvalue weighted by molar-refractivity contribution is -0.0811. The van der Waals surface area contributed by atoms with Gasteiger partial charge < -0.3 is 19.1 Å². The third-order valence-electron chi connectivity index (χ3n) is 4.10. The number of carbonyl (C=O) groups excluding carboxylic acids is 1. The fourth-order valence-electron chi connectivity index (χ4n) is 2.80. The van der Waals surface area contributed by atoms with Crippen molar-refractivity contribution in [3.8, 4) is 0 Å². The Hall–Kier alpha value is -2.22. The van der Waals surface area contributed by atoms with E-state index < -0.39 is 11.9 Å². The van der Waals surface area contributed by atoms with Crippen LogP contribution in [0.2, 0.25) is 0 Å². The van der Waals surface area contributed by atoms with Crippen molar-refractivity contribution < 1.29 is 18.4 Å². The molecule has 0 radical (unpaired) electrons. The van der Waals surface area contributed by atoms with Crippen LogP contribution in [0.4, 0.5) is 4.39 Å². The summed E-state index contributed by atoms with van der Waals surface area (Å²) in [6.07, 6.45) is 2.71. The van der Waals surface area contributed by atoms with Crippen LogP contribution in [0.5, 0.6) is 0 Å². The van der Waals surface area contributed by atoms with Gasteiger partial charge in [-0.3, -0.25) is 4.79 Å². The van der Waals surface area contributed by atoms with Gasteiger partial charge in [-0.05, 0) is 19.8 Å². The van der Waals surface area contributed by atoms with Gasteiger partial charge in [-0.1, -0.05) is 5.16 Å². The Balaban J connectivity index is 1.51. The van der Waals surface area contributed by atoms with Crippen LogP contribution in [0, 0.1) is 5.82 Å². The second-order valence-electron chi connectivity index (χ2n) is 6.14. The Bertz CT molecular complexity index is 724. The topological polar surface area (TPSA) is 84.3 Å². The van der Waals surface area contributed by atoms with Crippen molar-refractivity contribution in [1.82, 2.24) is 20.0 Å². The summed E-state index contributed by atoms with van der Waals surface area (Å²) < 4.78 is 24.2. The second-order valence-corrected chi connectivity index (χ2v) is 6.14. The van der Waals surface area contributed by atoms with E-state index in [9.17, 15) is 9.18 Å². The summed E-state index contributed by atoms with van der Waals surface area (Å²) in [4.78, 5) is 21.1. The van der Waals surface area contributed by atoms with Gasteiger partial charge in [0.2, 0.25) is 0 Å². The van der Waals surface area contributed by atoms with Gasteiger partial charge in [0.1, 0.15) is 11.5 Å². The van der Waals surface area contributed by atoms with Crippen LogP contribution in [0.1, 0.15) is 54.0 Å². The largest absolute Gasteiger partial charge is 0.362 e. The molecule has 1 N–H and O–H groups in total. The van der Waals surface area contributed by atoms with Crippen LogP contribution in [0.3, 0.4) is 0 Å². The molecule has 7 nitrogen and oxygen atoms in total. The number of hydrogen-bond donors (Lipinski definition) is 1. The molecule has 3 heterocycles. The summed E-state index contributed by atoms with van der Waals surface area (Å²) in [6.45, 7) is 2.61. The van der Waals surface area contributed by atoms with Crippen molar-refractivity contribution >= 4 is 5.91 Å². The van der Waals surface area contributed by atoms with Crippen molar-refractivity contribution in [2.75, 3.05) is 13.1 Å². The van der Waals surface area contributed by atoms with E-state index in [0.29, 0.717) is 30.7 Å². The molecule has 23 heavy (non-hydrogen) atoms. The summed E-state index contributed by atoms with van der Waals surface area (Å²) in [5, 5.41) is 3.98. The zero-order chi connectivity index (χ0) is 16.0. The van der Waals surface area contributed by atoms with E-state index in [1.165, 1.54) is 6.07 Å². The predicted octanol–water partition coefficient (Wildman–Crippen LogP) is 2.02. The van der Waals surface area contributed by atoms with Gasteiger partial charge in [0, 0.05) is 24.7 Å². The third kappa shape index (κ3) is 2.86. The Kier molecular flexibility index (Phi) is 3.41. The zero-order valence-electron chi connectivity index (χ0n) is 12.7. The molecule has 1 amide bonds. The van der Waals surface area contributed by atoms with E-state index in [1.54, 1.807) is 4.90 Å². The maximum absolute atomic E-state index is 13.1. The van der Waals surface area contributed by atoms with Gasteiger partial charge in [0.05, 0.1) is 12.6 Å². The molecule has 2 aliphatic rings. The molecule has 2 fully saturated rings. The van der Waals surface area contributed by atoms with E-state index in [2.05, 4.69) is 15.1 Å². The highest BCUT2D eigenvalue weighted by atomic mass is 19.1. The van der Waals surface area contributed by atoms with Crippen LogP contribution < -0.4 is 0 Å². The van der Waals surface area contributed by atoms with Gasteiger partial charge in [0.25, 0.3) is 11.8 Å². The average molecular weight is 320 g/mol. The lowest BCUT2D eigenvalue weighted by atomic mass is 10.2. The van der Waals surface area contributed by atoms with Crippen LogP contribution >= 0.6 is 0 Å². The van der Waals surface area contributed by atoms with Gasteiger partial charge in [0.15, 0.2) is 11.9 Å². The molecule has 2 aromatic heterocycles. The van der Waals surface area contributed by atoms with E-state index in [0.717, 1.165) is 19.0 Å². The standard InChI is InChI=1S/C15H17FN4O3/c1-8-6-20(15(21)11-4-10(16)5-17-11)7-12(22-8)14-18-13(19-23-14)9-2-3-9/h4-5,8-9,12,17H,2-3,6-7H2,1H3/t8-,12-/m1/s1. The average Bonchev–Trinajstić information content (AvgIpc) is 3.10. The first-order valence-electron chi connectivity index (χ1n) is 7.72. The quantitative estimate of drug-likeness (QED) is 0.935. The molecule has 1 aliphatic heterocycles. The van der Waals surface area contributed by atoms with Crippen molar-refractivity contribution in [2.45, 2.75) is 37.9 Å². The monoisotopic (exact) mass is 320 g/mol. The Morgan fingerprint density at radius 2 is 2.26 bits per heavy atom. The number of amides is 1. The molecule has 122 valence electrons. The molecule has 0 aromatic carbocycles. The Morgan fingerprint density at radius 1 is 1.43 bits per heavy atom. The summed E-state index contributed by atoms with van der Waals surface area (Å²) in [6, 6.07) is 1.19. The maximum Gasteiger partial charge on any atom is 0.270 e. The maximum atomic E-state index is 13.1. The molecule has 0 unspecified atom stereocenters. The summed E-state index contributed by atoms with van der Waals surface area (Å²) in [5.41, 5.74) is 0.222. The Morgan fingerprint density at radius 3 is 2.96 bits per heavy atom. The number of carbonyl (C=O) groups is 1. The normalized spacial score (nSPS) is 24.9. The number of halogens is 1. The lowest BCUT2D eigenvalue weighted by Crippen LogP contribution is -2.46. The van der Waals surface area contributed by atoms with Crippen molar-refractivity contribution in [3.63, 3.8) is 0 Å². The van der Waals surface area contributed by atoms with E-state index in [1.807, 2.05) is 6.92 Å². The first-order chi connectivity index (χ1) is 11.1. The zero-order valence-corrected chi connectivity index (χ0v) is 12.7. The predicted molar refractivity (Wildman–Crippen MR) is 76.2 cm³/mol. The lowest BCUT2D eigenvalue weighted by Gasteiger charge is -2.35. The number of rotatable bonds is 3. The molecule has 0 spiro atoms. The number of aromatic nitrogens is 3. The van der Waals surface area contributed by atoms with Gasteiger partial charge in [-0.15, -0.1) is 0 Å². The fourth-order valence-corrected chi connectivity index (χ4v) is 2.80. The molecule has 2 atom stereocenters. The molecule has 1 aliphatic carbocycles. The van der Waals surface area contributed by atoms with Crippen molar-refractivity contribution in [2.24, 2.45) is 0 Å². The van der Waals surface area contributed by atoms with Gasteiger partial charge >= 0.3 is 0 Å². The number of hydrogen-bond acceptors (Lipinski definition) is 5. The van der Waals surface area contributed by atoms with Crippen LogP contribution in [0.25, 0.3) is 0 Å². The smallest absolute Gasteiger partial charge is 0.270 e. The van der Waals surface area contributed by atoms with Crippen LogP contribution in [-0.2, 0) is 4.74 Å². The first-order valence-corrected chi connectivity index (χ1v) is 7.72. The highest BCUT2D eigenvalue weighted by molar-refractivity contribution is 5.92. The highest BCUT2D eigenvalue weighted by Crippen LogP contribution is 2.39. The molecule has 4 rings (SSSR count). The van der Waals surface area contributed by atoms with Crippen molar-refractivity contribution in [1.29, 1.82) is 0 Å². The van der Waals surface area contributed by atoms with E-state index in [-0.39, 0.29) is 17.7 Å². The minimum absolute atomic E-state index is 0.172. The van der Waals surface area contributed by atoms with Gasteiger partial charge in [-0.25, -0.2) is 4.39 Å². The number of nitrogens with zero attached hydrogens (tertiary/aromatic N) is 3. The summed E-state index contributed by atoms with van der Waals surface area (Å²) in [7, 11) is 0. The number of H-pyrrole nitrogens is 1. The highest BCUT2D eigenvalue weighted by Gasteiger charge is 2.35. The third-order valence-corrected chi connectivity index (χ3v) is 4.10. The molecule has 2 aromatic rings. The minimum atomic E-state index is -0.461. The fraction of sp³-hybridized carbons (Fsp3) is 0.533. The first kappa shape index (κ1) is 14.4. The van der Waals surface area contributed by atoms with E-state index >= 15 is 0 Å². The molecular formula is C15H17FN4O3. The number of nitrogens with one attached hydrogen (secondary N) is 1. The Labute approximate surface area is 131 Å². The molecule has 0 bridgehead atoms. The van der Waals surface area contributed by atoms with Crippen LogP contribution in [-0.4, -0.2) is 45.1 Å². The summed E-state index contributed by atoms with van der Waals surface area (Å²) >= 11 is 0. The molecule has 1 saturated carbocycles. The van der Waals surface area contributed by atoms with Crippen molar-refractivity contribution in [3.05, 3.63) is 35.5 Å².